The number of ether oxygens (including phenoxy) is 2. The molecule has 2 N–H and O–H groups in total. The van der Waals surface area contributed by atoms with E-state index in [0.717, 1.165) is 22.1 Å². The molecule has 0 aliphatic rings. The SMILES string of the molecule is COCC#Cc1cccc2oc(C(=O)Nc3ccc(-c4ccc(S(=O)(=O)NC(C(=O)OC)C(C)C)cc4)cc3)c(C)c12. The smallest absolute Gasteiger partial charge is 0.324 e. The lowest BCUT2D eigenvalue weighted by Gasteiger charge is -2.19. The average molecular weight is 589 g/mol. The van der Waals surface area contributed by atoms with Gasteiger partial charge in [0.05, 0.1) is 12.0 Å². The van der Waals surface area contributed by atoms with Crippen LogP contribution in [0.3, 0.4) is 0 Å². The van der Waals surface area contributed by atoms with Crippen molar-refractivity contribution in [2.45, 2.75) is 31.7 Å². The zero-order chi connectivity index (χ0) is 30.4. The van der Waals surface area contributed by atoms with Crippen molar-refractivity contribution in [1.29, 1.82) is 0 Å². The molecule has 0 aliphatic heterocycles. The molecular formula is C32H32N2O7S. The Hall–Kier alpha value is -4.43. The van der Waals surface area contributed by atoms with Crippen LogP contribution in [-0.4, -0.2) is 47.2 Å². The number of amides is 1. The van der Waals surface area contributed by atoms with Crippen LogP contribution in [-0.2, 0) is 24.3 Å². The summed E-state index contributed by atoms with van der Waals surface area (Å²) in [5, 5.41) is 3.65. The maximum Gasteiger partial charge on any atom is 0.324 e. The first-order valence-electron chi connectivity index (χ1n) is 13.2. The van der Waals surface area contributed by atoms with Crippen molar-refractivity contribution in [2.24, 2.45) is 5.92 Å². The third kappa shape index (κ3) is 6.71. The molecule has 10 heteroatoms. The summed E-state index contributed by atoms with van der Waals surface area (Å²) in [7, 11) is -1.15. The lowest BCUT2D eigenvalue weighted by molar-refractivity contribution is -0.143. The summed E-state index contributed by atoms with van der Waals surface area (Å²) in [5.74, 6) is 4.87. The predicted molar refractivity (Wildman–Crippen MR) is 160 cm³/mol. The van der Waals surface area contributed by atoms with Crippen LogP contribution in [0.4, 0.5) is 5.69 Å². The number of sulfonamides is 1. The van der Waals surface area contributed by atoms with E-state index in [9.17, 15) is 18.0 Å². The second kappa shape index (κ2) is 13.0. The van der Waals surface area contributed by atoms with Gasteiger partial charge in [-0.2, -0.15) is 4.72 Å². The lowest BCUT2D eigenvalue weighted by Crippen LogP contribution is -2.44. The van der Waals surface area contributed by atoms with E-state index in [1.807, 2.05) is 31.2 Å². The number of aryl methyl sites for hydroxylation is 1. The third-order valence-corrected chi connectivity index (χ3v) is 8.10. The molecule has 1 aromatic heterocycles. The maximum absolute atomic E-state index is 13.1. The molecule has 1 unspecified atom stereocenters. The molecular weight excluding hydrogens is 556 g/mol. The molecule has 4 rings (SSSR count). The fourth-order valence-corrected chi connectivity index (χ4v) is 5.74. The fraction of sp³-hybridized carbons (Fsp3) is 0.250. The van der Waals surface area contributed by atoms with Crippen LogP contribution in [0.15, 0.2) is 76.0 Å². The molecule has 0 saturated heterocycles. The number of hydrogen-bond acceptors (Lipinski definition) is 7. The van der Waals surface area contributed by atoms with Gasteiger partial charge < -0.3 is 19.2 Å². The number of carbonyl (C=O) groups is 2. The molecule has 3 aromatic carbocycles. The Labute approximate surface area is 245 Å². The summed E-state index contributed by atoms with van der Waals surface area (Å²) in [6.07, 6.45) is 0. The van der Waals surface area contributed by atoms with Gasteiger partial charge >= 0.3 is 5.97 Å². The van der Waals surface area contributed by atoms with Gasteiger partial charge in [-0.05, 0) is 60.4 Å². The van der Waals surface area contributed by atoms with E-state index in [-0.39, 0.29) is 22.5 Å². The van der Waals surface area contributed by atoms with Crippen LogP contribution in [0.1, 0.15) is 35.5 Å². The Morgan fingerprint density at radius 2 is 1.60 bits per heavy atom. The minimum absolute atomic E-state index is 0.0266. The number of furan rings is 1. The molecule has 1 heterocycles. The number of esters is 1. The molecule has 0 fully saturated rings. The number of carbonyl (C=O) groups excluding carboxylic acids is 2. The summed E-state index contributed by atoms with van der Waals surface area (Å²) in [4.78, 5) is 25.1. The van der Waals surface area contributed by atoms with E-state index >= 15 is 0 Å². The monoisotopic (exact) mass is 588 g/mol. The van der Waals surface area contributed by atoms with E-state index in [1.54, 1.807) is 51.3 Å². The molecule has 42 heavy (non-hydrogen) atoms. The molecule has 1 amide bonds. The van der Waals surface area contributed by atoms with Gasteiger partial charge in [-0.25, -0.2) is 8.42 Å². The van der Waals surface area contributed by atoms with E-state index in [1.165, 1.54) is 19.2 Å². The average Bonchev–Trinajstić information content (AvgIpc) is 3.33. The van der Waals surface area contributed by atoms with Gasteiger partial charge in [0.25, 0.3) is 5.91 Å². The van der Waals surface area contributed by atoms with Crippen molar-refractivity contribution in [3.63, 3.8) is 0 Å². The summed E-state index contributed by atoms with van der Waals surface area (Å²) >= 11 is 0. The van der Waals surface area contributed by atoms with Gasteiger partial charge in [-0.1, -0.05) is 56.0 Å². The van der Waals surface area contributed by atoms with Gasteiger partial charge in [0, 0.05) is 29.3 Å². The number of nitrogens with one attached hydrogen (secondary N) is 2. The predicted octanol–water partition coefficient (Wildman–Crippen LogP) is 5.13. The number of benzene rings is 3. The van der Waals surface area contributed by atoms with E-state index < -0.39 is 22.0 Å². The summed E-state index contributed by atoms with van der Waals surface area (Å²) in [5.41, 5.74) is 4.18. The first kappa shape index (κ1) is 30.5. The van der Waals surface area contributed by atoms with Gasteiger partial charge in [0.1, 0.15) is 18.2 Å². The standard InChI is InChI=1S/C32H32N2O7S/c1-20(2)29(32(36)40-5)34-42(37,38)26-17-13-23(14-18-26)22-11-15-25(16-12-22)33-31(35)30-21(3)28-24(9-7-19-39-4)8-6-10-27(28)41-30/h6,8,10-18,20,29,34H,19H2,1-5H3,(H,33,35). The maximum atomic E-state index is 13.1. The van der Waals surface area contributed by atoms with Crippen LogP contribution in [0.5, 0.6) is 0 Å². The lowest BCUT2D eigenvalue weighted by atomic mass is 10.0. The first-order chi connectivity index (χ1) is 20.1. The molecule has 0 bridgehead atoms. The van der Waals surface area contributed by atoms with Crippen LogP contribution in [0.25, 0.3) is 22.1 Å². The fourth-order valence-electron chi connectivity index (χ4n) is 4.41. The summed E-state index contributed by atoms with van der Waals surface area (Å²) in [6.45, 7) is 5.58. The summed E-state index contributed by atoms with van der Waals surface area (Å²) < 4.78 is 43.7. The highest BCUT2D eigenvalue weighted by Crippen LogP contribution is 2.29. The molecule has 9 nitrogen and oxygen atoms in total. The van der Waals surface area contributed by atoms with Gasteiger partial charge in [0.2, 0.25) is 10.0 Å². The summed E-state index contributed by atoms with van der Waals surface area (Å²) in [6, 6.07) is 17.9. The quantitative estimate of drug-likeness (QED) is 0.205. The molecule has 0 aliphatic carbocycles. The Kier molecular flexibility index (Phi) is 9.48. The van der Waals surface area contributed by atoms with Crippen LogP contribution in [0.2, 0.25) is 0 Å². The number of rotatable bonds is 9. The molecule has 0 radical (unpaired) electrons. The van der Waals surface area contributed by atoms with Crippen LogP contribution < -0.4 is 10.0 Å². The highest BCUT2D eigenvalue weighted by atomic mass is 32.2. The Morgan fingerprint density at radius 1 is 0.952 bits per heavy atom. The van der Waals surface area contributed by atoms with E-state index in [4.69, 9.17) is 13.9 Å². The second-order valence-electron chi connectivity index (χ2n) is 9.89. The molecule has 1 atom stereocenters. The number of fused-ring (bicyclic) bond motifs is 1. The topological polar surface area (TPSA) is 124 Å². The van der Waals surface area contributed by atoms with E-state index in [0.29, 0.717) is 23.4 Å². The van der Waals surface area contributed by atoms with Crippen molar-refractivity contribution >= 4 is 38.6 Å². The normalized spacial score (nSPS) is 12.0. The second-order valence-corrected chi connectivity index (χ2v) is 11.6. The molecule has 0 spiro atoms. The highest BCUT2D eigenvalue weighted by molar-refractivity contribution is 7.89. The van der Waals surface area contributed by atoms with Gasteiger partial charge in [-0.3, -0.25) is 9.59 Å². The Morgan fingerprint density at radius 3 is 2.19 bits per heavy atom. The van der Waals surface area contributed by atoms with Crippen molar-refractivity contribution in [3.8, 4) is 23.0 Å². The largest absolute Gasteiger partial charge is 0.468 e. The minimum Gasteiger partial charge on any atom is -0.468 e. The zero-order valence-electron chi connectivity index (χ0n) is 24.0. The van der Waals surface area contributed by atoms with Gasteiger partial charge in [-0.15, -0.1) is 0 Å². The molecule has 218 valence electrons. The van der Waals surface area contributed by atoms with E-state index in [2.05, 4.69) is 21.9 Å². The first-order valence-corrected chi connectivity index (χ1v) is 14.7. The molecule has 0 saturated carbocycles. The van der Waals surface area contributed by atoms with Crippen LogP contribution in [0, 0.1) is 24.7 Å². The Balaban J connectivity index is 1.48. The Bertz CT molecular complexity index is 1760. The number of methoxy groups -OCH3 is 2. The van der Waals surface area contributed by atoms with Crippen LogP contribution >= 0.6 is 0 Å². The van der Waals surface area contributed by atoms with Gasteiger partial charge in [0.15, 0.2) is 5.76 Å². The molecule has 4 aromatic rings. The number of hydrogen-bond donors (Lipinski definition) is 2. The highest BCUT2D eigenvalue weighted by Gasteiger charge is 2.29. The minimum atomic E-state index is -3.95. The number of anilines is 1. The third-order valence-electron chi connectivity index (χ3n) is 6.64. The van der Waals surface area contributed by atoms with Crippen molar-refractivity contribution < 1.29 is 31.9 Å². The zero-order valence-corrected chi connectivity index (χ0v) is 24.8. The van der Waals surface area contributed by atoms with Crippen molar-refractivity contribution in [2.75, 3.05) is 26.1 Å². The van der Waals surface area contributed by atoms with Crippen molar-refractivity contribution in [1.82, 2.24) is 4.72 Å². The van der Waals surface area contributed by atoms with Crippen molar-refractivity contribution in [3.05, 3.63) is 83.6 Å².